The minimum atomic E-state index is -0.476. The van der Waals surface area contributed by atoms with Crippen LogP contribution in [0.5, 0.6) is 0 Å². The number of H-pyrrole nitrogens is 2. The number of hydrogen-bond donors (Lipinski definition) is 3. The number of fused-ring (bicyclic) bond motifs is 2. The number of aromatic nitrogens is 5. The second-order valence-electron chi connectivity index (χ2n) is 6.25. The molecule has 130 valence electrons. The van der Waals surface area contributed by atoms with Crippen LogP contribution in [-0.4, -0.2) is 31.1 Å². The first-order chi connectivity index (χ1) is 13.2. The molecule has 5 rings (SSSR count). The predicted octanol–water partition coefficient (Wildman–Crippen LogP) is 3.27. The third kappa shape index (κ3) is 2.53. The normalized spacial score (nSPS) is 11.3. The van der Waals surface area contributed by atoms with E-state index in [0.717, 1.165) is 33.1 Å². The van der Waals surface area contributed by atoms with Gasteiger partial charge in [0, 0.05) is 23.3 Å². The number of aromatic amines is 2. The van der Waals surface area contributed by atoms with Crippen LogP contribution in [0.25, 0.3) is 44.6 Å². The average Bonchev–Trinajstić information content (AvgIpc) is 3.31. The van der Waals surface area contributed by atoms with Crippen molar-refractivity contribution in [3.63, 3.8) is 0 Å². The molecule has 7 nitrogen and oxygen atoms in total. The van der Waals surface area contributed by atoms with Gasteiger partial charge in [-0.15, -0.1) is 0 Å². The molecule has 7 heteroatoms. The molecule has 3 aromatic heterocycles. The summed E-state index contributed by atoms with van der Waals surface area (Å²) in [5, 5.41) is 8.12. The van der Waals surface area contributed by atoms with E-state index in [0.29, 0.717) is 17.1 Å². The molecular weight excluding hydrogens is 340 g/mol. The van der Waals surface area contributed by atoms with Gasteiger partial charge in [0.05, 0.1) is 16.6 Å². The smallest absolute Gasteiger partial charge is 0.248 e. The number of carbonyl (C=O) groups is 1. The fraction of sp³-hybridized carbons (Fsp3) is 0. The zero-order valence-corrected chi connectivity index (χ0v) is 14.1. The number of nitrogens with zero attached hydrogens (tertiary/aromatic N) is 3. The Kier molecular flexibility index (Phi) is 3.26. The van der Waals surface area contributed by atoms with Crippen LogP contribution in [0.2, 0.25) is 0 Å². The molecule has 0 atom stereocenters. The van der Waals surface area contributed by atoms with E-state index in [4.69, 9.17) is 5.73 Å². The minimum absolute atomic E-state index is 0.432. The molecule has 5 aromatic rings. The molecule has 0 unspecified atom stereocenters. The average molecular weight is 354 g/mol. The van der Waals surface area contributed by atoms with E-state index in [1.54, 1.807) is 30.6 Å². The summed E-state index contributed by atoms with van der Waals surface area (Å²) in [4.78, 5) is 23.5. The van der Waals surface area contributed by atoms with Crippen LogP contribution < -0.4 is 5.73 Å². The first-order valence-electron chi connectivity index (χ1n) is 8.37. The maximum absolute atomic E-state index is 11.5. The van der Waals surface area contributed by atoms with Crippen LogP contribution in [0.3, 0.4) is 0 Å². The maximum Gasteiger partial charge on any atom is 0.248 e. The van der Waals surface area contributed by atoms with Crippen LogP contribution in [0, 0.1) is 0 Å². The van der Waals surface area contributed by atoms with Crippen molar-refractivity contribution in [2.45, 2.75) is 0 Å². The molecule has 1 amide bonds. The molecule has 0 fully saturated rings. The lowest BCUT2D eigenvalue weighted by molar-refractivity contribution is 0.100. The zero-order chi connectivity index (χ0) is 18.4. The van der Waals surface area contributed by atoms with Crippen molar-refractivity contribution in [1.29, 1.82) is 0 Å². The molecular formula is C20H14N6O. The van der Waals surface area contributed by atoms with Gasteiger partial charge in [0.1, 0.15) is 5.69 Å². The van der Waals surface area contributed by atoms with Gasteiger partial charge in [0.15, 0.2) is 5.82 Å². The van der Waals surface area contributed by atoms with Crippen LogP contribution in [-0.2, 0) is 0 Å². The summed E-state index contributed by atoms with van der Waals surface area (Å²) < 4.78 is 0. The van der Waals surface area contributed by atoms with E-state index < -0.39 is 5.91 Å². The van der Waals surface area contributed by atoms with Crippen LogP contribution >= 0.6 is 0 Å². The number of nitrogens with two attached hydrogens (primary N) is 1. The molecule has 0 radical (unpaired) electrons. The highest BCUT2D eigenvalue weighted by atomic mass is 16.1. The summed E-state index contributed by atoms with van der Waals surface area (Å²) in [7, 11) is 0. The van der Waals surface area contributed by atoms with Crippen molar-refractivity contribution in [2.75, 3.05) is 0 Å². The minimum Gasteiger partial charge on any atom is -0.366 e. The van der Waals surface area contributed by atoms with Crippen LogP contribution in [0.1, 0.15) is 10.4 Å². The van der Waals surface area contributed by atoms with Gasteiger partial charge in [-0.05, 0) is 53.6 Å². The fourth-order valence-corrected chi connectivity index (χ4v) is 3.19. The number of amides is 1. The third-order valence-electron chi connectivity index (χ3n) is 4.57. The van der Waals surface area contributed by atoms with Crippen molar-refractivity contribution >= 4 is 27.8 Å². The second kappa shape index (κ2) is 5.77. The Labute approximate surface area is 153 Å². The van der Waals surface area contributed by atoms with Gasteiger partial charge in [0.2, 0.25) is 5.91 Å². The molecule has 0 saturated heterocycles. The summed E-state index contributed by atoms with van der Waals surface area (Å²) in [6.45, 7) is 0. The molecule has 2 aromatic carbocycles. The van der Waals surface area contributed by atoms with E-state index in [1.165, 1.54) is 0 Å². The van der Waals surface area contributed by atoms with Crippen molar-refractivity contribution in [3.8, 4) is 22.6 Å². The molecule has 0 aliphatic rings. The van der Waals surface area contributed by atoms with E-state index in [2.05, 4.69) is 25.1 Å². The Bertz CT molecular complexity index is 1300. The Balaban J connectivity index is 1.64. The first-order valence-corrected chi connectivity index (χ1v) is 8.37. The molecule has 3 heterocycles. The number of pyridine rings is 1. The van der Waals surface area contributed by atoms with E-state index in [-0.39, 0.29) is 0 Å². The molecule has 0 aliphatic carbocycles. The van der Waals surface area contributed by atoms with E-state index in [9.17, 15) is 4.79 Å². The van der Waals surface area contributed by atoms with Crippen LogP contribution in [0.4, 0.5) is 0 Å². The van der Waals surface area contributed by atoms with Crippen molar-refractivity contribution in [1.82, 2.24) is 25.1 Å². The summed E-state index contributed by atoms with van der Waals surface area (Å²) in [5.74, 6) is 0.153. The van der Waals surface area contributed by atoms with Gasteiger partial charge in [-0.1, -0.05) is 6.07 Å². The Morgan fingerprint density at radius 3 is 2.59 bits per heavy atom. The zero-order valence-electron chi connectivity index (χ0n) is 14.1. The summed E-state index contributed by atoms with van der Waals surface area (Å²) >= 11 is 0. The molecule has 0 aliphatic heterocycles. The van der Waals surface area contributed by atoms with Gasteiger partial charge >= 0.3 is 0 Å². The molecule has 0 spiro atoms. The number of imidazole rings is 1. The predicted molar refractivity (Wildman–Crippen MR) is 103 cm³/mol. The van der Waals surface area contributed by atoms with Gasteiger partial charge in [-0.25, -0.2) is 4.98 Å². The second-order valence-corrected chi connectivity index (χ2v) is 6.25. The van der Waals surface area contributed by atoms with Gasteiger partial charge in [0.25, 0.3) is 0 Å². The molecule has 4 N–H and O–H groups in total. The van der Waals surface area contributed by atoms with Crippen LogP contribution in [0.15, 0.2) is 60.9 Å². The Morgan fingerprint density at radius 1 is 0.926 bits per heavy atom. The van der Waals surface area contributed by atoms with Crippen molar-refractivity contribution in [3.05, 3.63) is 66.5 Å². The van der Waals surface area contributed by atoms with Gasteiger partial charge in [-0.2, -0.15) is 5.10 Å². The lowest BCUT2D eigenvalue weighted by Gasteiger charge is -2.00. The monoisotopic (exact) mass is 354 g/mol. The highest BCUT2D eigenvalue weighted by Crippen LogP contribution is 2.29. The standard InChI is InChI=1S/C20H14N6O/c21-19(27)13-2-3-15-14(9-13)18(26-25-15)20-23-16-4-1-12(10-17(16)24-20)11-5-7-22-8-6-11/h1-10H,(H2,21,27)(H,23,24)(H,25,26). The number of hydrogen-bond acceptors (Lipinski definition) is 4. The number of primary amides is 1. The summed E-state index contributed by atoms with van der Waals surface area (Å²) in [6, 6.07) is 15.2. The third-order valence-corrected chi connectivity index (χ3v) is 4.57. The Hall–Kier alpha value is -4.00. The number of nitrogens with one attached hydrogen (secondary N) is 2. The number of rotatable bonds is 3. The lowest BCUT2D eigenvalue weighted by atomic mass is 10.1. The summed E-state index contributed by atoms with van der Waals surface area (Å²) in [5.41, 5.74) is 11.2. The summed E-state index contributed by atoms with van der Waals surface area (Å²) in [6.07, 6.45) is 3.54. The molecule has 0 bridgehead atoms. The van der Waals surface area contributed by atoms with Gasteiger partial charge in [-0.3, -0.25) is 14.9 Å². The van der Waals surface area contributed by atoms with E-state index in [1.807, 2.05) is 30.3 Å². The molecule has 27 heavy (non-hydrogen) atoms. The van der Waals surface area contributed by atoms with Crippen molar-refractivity contribution < 1.29 is 4.79 Å². The fourth-order valence-electron chi connectivity index (χ4n) is 3.19. The van der Waals surface area contributed by atoms with Crippen molar-refractivity contribution in [2.24, 2.45) is 5.73 Å². The number of carbonyl (C=O) groups excluding carboxylic acids is 1. The topological polar surface area (TPSA) is 113 Å². The largest absolute Gasteiger partial charge is 0.366 e. The SMILES string of the molecule is NC(=O)c1ccc2[nH]nc(-c3nc4ccc(-c5ccncc5)cc4[nH]3)c2c1. The van der Waals surface area contributed by atoms with Gasteiger partial charge < -0.3 is 10.7 Å². The van der Waals surface area contributed by atoms with E-state index >= 15 is 0 Å². The first kappa shape index (κ1) is 15.3. The highest BCUT2D eigenvalue weighted by molar-refractivity contribution is 6.00. The maximum atomic E-state index is 11.5. The highest BCUT2D eigenvalue weighted by Gasteiger charge is 2.14. The molecule has 0 saturated carbocycles. The Morgan fingerprint density at radius 2 is 1.78 bits per heavy atom. The lowest BCUT2D eigenvalue weighted by Crippen LogP contribution is -2.10. The number of benzene rings is 2. The quantitative estimate of drug-likeness (QED) is 0.461.